The van der Waals surface area contributed by atoms with Crippen molar-refractivity contribution in [2.45, 2.75) is 13.3 Å². The largest absolute Gasteiger partial charge is 0.465 e. The maximum atomic E-state index is 11.8. The molecule has 0 atom stereocenters. The number of imide groups is 1. The van der Waals surface area contributed by atoms with E-state index in [4.69, 9.17) is 0 Å². The van der Waals surface area contributed by atoms with Gasteiger partial charge < -0.3 is 4.74 Å². The Morgan fingerprint density at radius 3 is 2.74 bits per heavy atom. The number of nitrogens with one attached hydrogen (secondary N) is 1. The van der Waals surface area contributed by atoms with Gasteiger partial charge in [-0.1, -0.05) is 6.07 Å². The van der Waals surface area contributed by atoms with E-state index in [9.17, 15) is 14.4 Å². The Labute approximate surface area is 110 Å². The van der Waals surface area contributed by atoms with E-state index in [-0.39, 0.29) is 12.3 Å². The predicted octanol–water partition coefficient (Wildman–Crippen LogP) is 1.23. The Kier molecular flexibility index (Phi) is 3.50. The van der Waals surface area contributed by atoms with Gasteiger partial charge in [-0.2, -0.15) is 0 Å². The lowest BCUT2D eigenvalue weighted by molar-refractivity contribution is -0.120. The molecule has 6 heteroatoms. The lowest BCUT2D eigenvalue weighted by Crippen LogP contribution is -2.49. The molecular weight excluding hydrogens is 248 g/mol. The van der Waals surface area contributed by atoms with Crippen LogP contribution in [0, 0.1) is 6.92 Å². The smallest absolute Gasteiger partial charge is 0.337 e. The van der Waals surface area contributed by atoms with Gasteiger partial charge in [-0.25, -0.2) is 9.59 Å². The molecule has 1 aliphatic heterocycles. The van der Waals surface area contributed by atoms with Crippen LogP contribution in [0.4, 0.5) is 10.5 Å². The predicted molar refractivity (Wildman–Crippen MR) is 68.0 cm³/mol. The molecule has 0 radical (unpaired) electrons. The topological polar surface area (TPSA) is 75.7 Å². The second-order valence-corrected chi connectivity index (χ2v) is 4.25. The second kappa shape index (κ2) is 5.09. The van der Waals surface area contributed by atoms with E-state index in [2.05, 4.69) is 10.1 Å². The highest BCUT2D eigenvalue weighted by atomic mass is 16.5. The van der Waals surface area contributed by atoms with E-state index in [1.165, 1.54) is 12.0 Å². The Bertz CT molecular complexity index is 554. The van der Waals surface area contributed by atoms with Crippen molar-refractivity contribution in [2.75, 3.05) is 18.6 Å². The first-order chi connectivity index (χ1) is 9.02. The minimum atomic E-state index is -0.471. The van der Waals surface area contributed by atoms with Crippen molar-refractivity contribution in [3.8, 4) is 0 Å². The van der Waals surface area contributed by atoms with Crippen LogP contribution in [0.2, 0.25) is 0 Å². The van der Waals surface area contributed by atoms with Crippen molar-refractivity contribution in [3.63, 3.8) is 0 Å². The summed E-state index contributed by atoms with van der Waals surface area (Å²) in [6.45, 7) is 2.14. The van der Waals surface area contributed by atoms with E-state index >= 15 is 0 Å². The van der Waals surface area contributed by atoms with E-state index in [1.807, 2.05) is 6.92 Å². The standard InChI is InChI=1S/C13H14N2O4/c1-8-3-4-9(12(17)19-2)7-10(8)15-6-5-11(16)14-13(15)18/h3-4,7H,5-6H2,1-2H3,(H,14,16,18). The summed E-state index contributed by atoms with van der Waals surface area (Å²) in [6.07, 6.45) is 0.244. The van der Waals surface area contributed by atoms with Crippen molar-refractivity contribution in [1.82, 2.24) is 5.32 Å². The quantitative estimate of drug-likeness (QED) is 0.813. The SMILES string of the molecule is COC(=O)c1ccc(C)c(N2CCC(=O)NC2=O)c1. The molecule has 1 aromatic carbocycles. The molecule has 1 heterocycles. The highest BCUT2D eigenvalue weighted by Gasteiger charge is 2.25. The Morgan fingerprint density at radius 2 is 2.11 bits per heavy atom. The van der Waals surface area contributed by atoms with Gasteiger partial charge in [-0.3, -0.25) is 15.0 Å². The number of aryl methyl sites for hydroxylation is 1. The van der Waals surface area contributed by atoms with Crippen LogP contribution in [0.1, 0.15) is 22.3 Å². The number of hydrogen-bond donors (Lipinski definition) is 1. The number of anilines is 1. The van der Waals surface area contributed by atoms with E-state index in [0.29, 0.717) is 17.8 Å². The van der Waals surface area contributed by atoms with E-state index in [1.54, 1.807) is 18.2 Å². The van der Waals surface area contributed by atoms with Crippen molar-refractivity contribution >= 4 is 23.6 Å². The van der Waals surface area contributed by atoms with Gasteiger partial charge in [0.25, 0.3) is 0 Å². The second-order valence-electron chi connectivity index (χ2n) is 4.25. The van der Waals surface area contributed by atoms with Crippen LogP contribution in [0.25, 0.3) is 0 Å². The monoisotopic (exact) mass is 262 g/mol. The maximum absolute atomic E-state index is 11.8. The highest BCUT2D eigenvalue weighted by Crippen LogP contribution is 2.23. The molecule has 0 aliphatic carbocycles. The minimum Gasteiger partial charge on any atom is -0.465 e. The maximum Gasteiger partial charge on any atom is 0.337 e. The molecule has 1 aromatic rings. The summed E-state index contributed by atoms with van der Waals surface area (Å²) in [5.74, 6) is -0.752. The molecule has 6 nitrogen and oxygen atoms in total. The summed E-state index contributed by atoms with van der Waals surface area (Å²) in [7, 11) is 1.30. The van der Waals surface area contributed by atoms with Gasteiger partial charge in [0.15, 0.2) is 0 Å². The normalized spacial score (nSPS) is 15.2. The molecule has 19 heavy (non-hydrogen) atoms. The number of amides is 3. The summed E-state index contributed by atoms with van der Waals surface area (Å²) in [5.41, 5.74) is 1.82. The van der Waals surface area contributed by atoms with Crippen LogP contribution < -0.4 is 10.2 Å². The minimum absolute atomic E-state index is 0.244. The summed E-state index contributed by atoms with van der Waals surface area (Å²) in [6, 6.07) is 4.50. The van der Waals surface area contributed by atoms with E-state index in [0.717, 1.165) is 5.56 Å². The summed E-state index contributed by atoms with van der Waals surface area (Å²) >= 11 is 0. The number of carbonyl (C=O) groups is 3. The lowest BCUT2D eigenvalue weighted by Gasteiger charge is -2.28. The number of nitrogens with zero attached hydrogens (tertiary/aromatic N) is 1. The van der Waals surface area contributed by atoms with Crippen molar-refractivity contribution in [2.24, 2.45) is 0 Å². The fourth-order valence-corrected chi connectivity index (χ4v) is 1.94. The van der Waals surface area contributed by atoms with Gasteiger partial charge in [-0.15, -0.1) is 0 Å². The lowest BCUT2D eigenvalue weighted by atomic mass is 10.1. The Balaban J connectivity index is 2.35. The molecule has 0 spiro atoms. The third kappa shape index (κ3) is 2.57. The fraction of sp³-hybridized carbons (Fsp3) is 0.308. The number of carbonyl (C=O) groups excluding carboxylic acids is 3. The van der Waals surface area contributed by atoms with Crippen molar-refractivity contribution in [3.05, 3.63) is 29.3 Å². The average Bonchev–Trinajstić information content (AvgIpc) is 2.39. The molecule has 3 amide bonds. The molecule has 1 aliphatic rings. The van der Waals surface area contributed by atoms with Crippen LogP contribution in [0.5, 0.6) is 0 Å². The zero-order chi connectivity index (χ0) is 14.0. The molecule has 1 N–H and O–H groups in total. The van der Waals surface area contributed by atoms with Crippen LogP contribution >= 0.6 is 0 Å². The summed E-state index contributed by atoms with van der Waals surface area (Å²) in [4.78, 5) is 35.9. The Hall–Kier alpha value is -2.37. The fourth-order valence-electron chi connectivity index (χ4n) is 1.94. The molecule has 1 saturated heterocycles. The van der Waals surface area contributed by atoms with Crippen LogP contribution in [0.3, 0.4) is 0 Å². The molecule has 100 valence electrons. The number of ether oxygens (including phenoxy) is 1. The van der Waals surface area contributed by atoms with Gasteiger partial charge in [0.05, 0.1) is 12.7 Å². The van der Waals surface area contributed by atoms with Crippen molar-refractivity contribution in [1.29, 1.82) is 0 Å². The number of rotatable bonds is 2. The summed E-state index contributed by atoms with van der Waals surface area (Å²) in [5, 5.41) is 2.25. The zero-order valence-corrected chi connectivity index (χ0v) is 10.7. The third-order valence-electron chi connectivity index (χ3n) is 2.98. The number of esters is 1. The van der Waals surface area contributed by atoms with Gasteiger partial charge in [0.1, 0.15) is 0 Å². The molecule has 1 fully saturated rings. The highest BCUT2D eigenvalue weighted by molar-refractivity contribution is 6.06. The van der Waals surface area contributed by atoms with Crippen molar-refractivity contribution < 1.29 is 19.1 Å². The zero-order valence-electron chi connectivity index (χ0n) is 10.7. The molecule has 0 saturated carbocycles. The van der Waals surface area contributed by atoms with Crippen LogP contribution in [0.15, 0.2) is 18.2 Å². The number of benzene rings is 1. The van der Waals surface area contributed by atoms with Gasteiger partial charge in [-0.05, 0) is 24.6 Å². The molecular formula is C13H14N2O4. The first-order valence-electron chi connectivity index (χ1n) is 5.83. The first kappa shape index (κ1) is 13.1. The van der Waals surface area contributed by atoms with Gasteiger partial charge >= 0.3 is 12.0 Å². The Morgan fingerprint density at radius 1 is 1.37 bits per heavy atom. The summed E-state index contributed by atoms with van der Waals surface area (Å²) < 4.78 is 4.65. The van der Waals surface area contributed by atoms with Gasteiger partial charge in [0.2, 0.25) is 5.91 Å². The van der Waals surface area contributed by atoms with E-state index < -0.39 is 12.0 Å². The third-order valence-corrected chi connectivity index (χ3v) is 2.98. The molecule has 0 unspecified atom stereocenters. The molecule has 0 bridgehead atoms. The number of urea groups is 1. The first-order valence-corrected chi connectivity index (χ1v) is 5.83. The van der Waals surface area contributed by atoms with Crippen LogP contribution in [-0.2, 0) is 9.53 Å². The molecule has 0 aromatic heterocycles. The van der Waals surface area contributed by atoms with Gasteiger partial charge in [0, 0.05) is 18.7 Å². The number of methoxy groups -OCH3 is 1. The molecule has 2 rings (SSSR count). The number of hydrogen-bond acceptors (Lipinski definition) is 4. The average molecular weight is 262 g/mol. The van der Waals surface area contributed by atoms with Crippen LogP contribution in [-0.4, -0.2) is 31.6 Å².